The molecule has 0 saturated carbocycles. The number of anilines is 2. The highest BCUT2D eigenvalue weighted by molar-refractivity contribution is 7.99. The number of carbonyl (C=O) groups is 1. The molecule has 0 aliphatic carbocycles. The van der Waals surface area contributed by atoms with Crippen molar-refractivity contribution >= 4 is 29.0 Å². The van der Waals surface area contributed by atoms with Crippen molar-refractivity contribution in [2.24, 2.45) is 0 Å². The molecule has 0 spiro atoms. The van der Waals surface area contributed by atoms with Crippen LogP contribution >= 0.6 is 11.8 Å². The molecular formula is C13H13N3OS. The van der Waals surface area contributed by atoms with Gasteiger partial charge in [-0.05, 0) is 18.2 Å². The van der Waals surface area contributed by atoms with Crippen LogP contribution in [0, 0.1) is 11.3 Å². The highest BCUT2D eigenvalue weighted by Gasteiger charge is 2.30. The van der Waals surface area contributed by atoms with Crippen LogP contribution in [-0.4, -0.2) is 30.0 Å². The number of nitriles is 1. The molecule has 18 heavy (non-hydrogen) atoms. The van der Waals surface area contributed by atoms with Gasteiger partial charge in [-0.1, -0.05) is 0 Å². The lowest BCUT2D eigenvalue weighted by atomic mass is 10.1. The van der Waals surface area contributed by atoms with Crippen LogP contribution in [0.15, 0.2) is 18.2 Å². The summed E-state index contributed by atoms with van der Waals surface area (Å²) in [4.78, 5) is 14.1. The molecule has 1 saturated heterocycles. The molecule has 1 aromatic rings. The van der Waals surface area contributed by atoms with Gasteiger partial charge in [-0.3, -0.25) is 4.79 Å². The number of hydrogen-bond donors (Lipinski definition) is 1. The molecule has 1 unspecified atom stereocenters. The second kappa shape index (κ2) is 4.54. The monoisotopic (exact) mass is 259 g/mol. The molecule has 3 rings (SSSR count). The van der Waals surface area contributed by atoms with E-state index in [4.69, 9.17) is 5.26 Å². The largest absolute Gasteiger partial charge is 0.365 e. The maximum atomic E-state index is 11.8. The lowest BCUT2D eigenvalue weighted by Gasteiger charge is -2.35. The van der Waals surface area contributed by atoms with Crippen LogP contribution in [0.3, 0.4) is 0 Å². The Bertz CT molecular complexity index is 538. The number of nitrogens with zero attached hydrogens (tertiary/aromatic N) is 2. The minimum absolute atomic E-state index is 0.0657. The van der Waals surface area contributed by atoms with Crippen molar-refractivity contribution in [2.45, 2.75) is 12.5 Å². The van der Waals surface area contributed by atoms with Gasteiger partial charge in [0, 0.05) is 30.5 Å². The van der Waals surface area contributed by atoms with Crippen molar-refractivity contribution < 1.29 is 4.79 Å². The molecule has 2 aliphatic heterocycles. The van der Waals surface area contributed by atoms with E-state index in [0.29, 0.717) is 12.0 Å². The van der Waals surface area contributed by atoms with Gasteiger partial charge in [-0.15, -0.1) is 0 Å². The summed E-state index contributed by atoms with van der Waals surface area (Å²) in [5.41, 5.74) is 2.46. The van der Waals surface area contributed by atoms with E-state index in [-0.39, 0.29) is 11.9 Å². The summed E-state index contributed by atoms with van der Waals surface area (Å²) in [6, 6.07) is 7.86. The number of hydrogen-bond acceptors (Lipinski definition) is 4. The van der Waals surface area contributed by atoms with Gasteiger partial charge in [0.25, 0.3) is 0 Å². The third-order valence-corrected chi connectivity index (χ3v) is 4.45. The van der Waals surface area contributed by atoms with Crippen LogP contribution in [0.2, 0.25) is 0 Å². The molecule has 5 heteroatoms. The van der Waals surface area contributed by atoms with Gasteiger partial charge in [-0.25, -0.2) is 0 Å². The average molecular weight is 259 g/mol. The quantitative estimate of drug-likeness (QED) is 0.772. The van der Waals surface area contributed by atoms with Crippen LogP contribution in [0.25, 0.3) is 0 Å². The number of fused-ring (bicyclic) bond motifs is 3. The first-order valence-corrected chi connectivity index (χ1v) is 7.12. The Morgan fingerprint density at radius 2 is 2.39 bits per heavy atom. The predicted octanol–water partition coefficient (Wildman–Crippen LogP) is 1.82. The first-order chi connectivity index (χ1) is 8.78. The Balaban J connectivity index is 2.08. The maximum Gasteiger partial charge on any atom is 0.226 e. The van der Waals surface area contributed by atoms with Crippen molar-refractivity contribution in [1.29, 1.82) is 5.26 Å². The summed E-state index contributed by atoms with van der Waals surface area (Å²) in [5, 5.41) is 11.9. The van der Waals surface area contributed by atoms with Gasteiger partial charge < -0.3 is 10.2 Å². The Morgan fingerprint density at radius 3 is 3.22 bits per heavy atom. The number of carbonyl (C=O) groups excluding carboxylic acids is 1. The fourth-order valence-corrected chi connectivity index (χ4v) is 3.56. The second-order valence-electron chi connectivity index (χ2n) is 4.52. The number of thioether (sulfide) groups is 1. The van der Waals surface area contributed by atoms with E-state index in [2.05, 4.69) is 16.3 Å². The topological polar surface area (TPSA) is 56.1 Å². The molecule has 92 valence electrons. The maximum absolute atomic E-state index is 11.8. The molecule has 4 nitrogen and oxygen atoms in total. The number of amides is 1. The lowest BCUT2D eigenvalue weighted by Crippen LogP contribution is -2.42. The second-order valence-corrected chi connectivity index (χ2v) is 5.67. The first kappa shape index (κ1) is 11.4. The molecule has 0 aromatic heterocycles. The van der Waals surface area contributed by atoms with E-state index in [9.17, 15) is 4.79 Å². The van der Waals surface area contributed by atoms with E-state index in [1.807, 2.05) is 23.9 Å². The molecule has 1 atom stereocenters. The smallest absolute Gasteiger partial charge is 0.226 e. The highest BCUT2D eigenvalue weighted by atomic mass is 32.2. The summed E-state index contributed by atoms with van der Waals surface area (Å²) < 4.78 is 0. The molecule has 0 bridgehead atoms. The molecule has 1 aromatic carbocycles. The fourth-order valence-electron chi connectivity index (χ4n) is 2.50. The summed E-state index contributed by atoms with van der Waals surface area (Å²) in [6.45, 7) is 0.937. The van der Waals surface area contributed by atoms with Gasteiger partial charge in [0.05, 0.1) is 23.0 Å². The van der Waals surface area contributed by atoms with Crippen LogP contribution in [0.5, 0.6) is 0 Å². The number of benzene rings is 1. The van der Waals surface area contributed by atoms with Crippen molar-refractivity contribution in [3.63, 3.8) is 0 Å². The minimum atomic E-state index is 0.0657. The van der Waals surface area contributed by atoms with Gasteiger partial charge in [0.2, 0.25) is 5.91 Å². The van der Waals surface area contributed by atoms with Gasteiger partial charge in [-0.2, -0.15) is 17.0 Å². The van der Waals surface area contributed by atoms with Gasteiger partial charge in [0.15, 0.2) is 0 Å². The Morgan fingerprint density at radius 1 is 1.50 bits per heavy atom. The van der Waals surface area contributed by atoms with E-state index in [1.165, 1.54) is 0 Å². The molecule has 1 N–H and O–H groups in total. The molecule has 1 fully saturated rings. The van der Waals surface area contributed by atoms with Crippen molar-refractivity contribution in [3.05, 3.63) is 23.8 Å². The lowest BCUT2D eigenvalue weighted by molar-refractivity contribution is -0.116. The van der Waals surface area contributed by atoms with Crippen molar-refractivity contribution in [2.75, 3.05) is 28.3 Å². The van der Waals surface area contributed by atoms with Crippen molar-refractivity contribution in [3.8, 4) is 6.07 Å². The average Bonchev–Trinajstić information content (AvgIpc) is 2.53. The van der Waals surface area contributed by atoms with E-state index >= 15 is 0 Å². The highest BCUT2D eigenvalue weighted by Crippen LogP contribution is 2.35. The van der Waals surface area contributed by atoms with Gasteiger partial charge >= 0.3 is 0 Å². The predicted molar refractivity (Wildman–Crippen MR) is 72.9 cm³/mol. The summed E-state index contributed by atoms with van der Waals surface area (Å²) in [7, 11) is 0. The van der Waals surface area contributed by atoms with E-state index < -0.39 is 0 Å². The molecule has 0 radical (unpaired) electrons. The zero-order chi connectivity index (χ0) is 12.5. The molecule has 1 amide bonds. The van der Waals surface area contributed by atoms with E-state index in [0.717, 1.165) is 29.4 Å². The summed E-state index contributed by atoms with van der Waals surface area (Å²) in [6.07, 6.45) is 0.531. The molecule has 2 aliphatic rings. The third-order valence-electron chi connectivity index (χ3n) is 3.36. The SMILES string of the molecule is N#Cc1ccc2c(c1)N1CCSCC1CC(=O)N2. The Labute approximate surface area is 110 Å². The normalized spacial score (nSPS) is 22.3. The fraction of sp³-hybridized carbons (Fsp3) is 0.385. The zero-order valence-electron chi connectivity index (χ0n) is 9.85. The van der Waals surface area contributed by atoms with Crippen LogP contribution < -0.4 is 10.2 Å². The minimum Gasteiger partial charge on any atom is -0.365 e. The standard InChI is InChI=1S/C13H13N3OS/c14-7-9-1-2-11-12(5-9)16-3-4-18-8-10(16)6-13(17)15-11/h1-2,5,10H,3-4,6,8H2,(H,15,17). The molecular weight excluding hydrogens is 246 g/mol. The van der Waals surface area contributed by atoms with Gasteiger partial charge in [0.1, 0.15) is 0 Å². The number of rotatable bonds is 0. The number of nitrogens with one attached hydrogen (secondary N) is 1. The van der Waals surface area contributed by atoms with Crippen LogP contribution in [0.1, 0.15) is 12.0 Å². The molecule has 2 heterocycles. The zero-order valence-corrected chi connectivity index (χ0v) is 10.7. The van der Waals surface area contributed by atoms with Crippen LogP contribution in [-0.2, 0) is 4.79 Å². The Hall–Kier alpha value is -1.67. The first-order valence-electron chi connectivity index (χ1n) is 5.96. The van der Waals surface area contributed by atoms with Crippen molar-refractivity contribution in [1.82, 2.24) is 0 Å². The van der Waals surface area contributed by atoms with Crippen LogP contribution in [0.4, 0.5) is 11.4 Å². The Kier molecular flexibility index (Phi) is 2.88. The summed E-state index contributed by atoms with van der Waals surface area (Å²) in [5.74, 6) is 2.11. The third kappa shape index (κ3) is 1.93. The summed E-state index contributed by atoms with van der Waals surface area (Å²) >= 11 is 1.89. The van der Waals surface area contributed by atoms with E-state index in [1.54, 1.807) is 6.07 Å².